The van der Waals surface area contributed by atoms with Gasteiger partial charge >= 0.3 is 0 Å². The Morgan fingerprint density at radius 3 is 2.60 bits per heavy atom. The lowest BCUT2D eigenvalue weighted by molar-refractivity contribution is -0.293. The summed E-state index contributed by atoms with van der Waals surface area (Å²) in [6.45, 7) is -0.139. The second-order valence-electron chi connectivity index (χ2n) is 0.466. The summed E-state index contributed by atoms with van der Waals surface area (Å²) in [7, 11) is 0. The zero-order valence-corrected chi connectivity index (χ0v) is 2.60. The monoisotopic (exact) mass is 71.0 g/mol. The number of hydrogen-bond acceptors (Lipinski definition) is 1. The van der Waals surface area contributed by atoms with Crippen molar-refractivity contribution in [2.75, 3.05) is 6.61 Å². The lowest BCUT2D eigenvalue weighted by atomic mass is 10.8. The smallest absolute Gasteiger partial charge is 0.146 e. The maximum atomic E-state index is 8.89. The Morgan fingerprint density at radius 1 is 2.00 bits per heavy atom. The van der Waals surface area contributed by atoms with E-state index in [1.54, 1.807) is 0 Å². The number of hydrogen-bond donors (Lipinski definition) is 0. The van der Waals surface area contributed by atoms with Crippen molar-refractivity contribution in [2.45, 2.75) is 0 Å². The highest BCUT2D eigenvalue weighted by Gasteiger charge is 1.63. The molecule has 5 heavy (non-hydrogen) atoms. The Hall–Kier alpha value is -0.520. The van der Waals surface area contributed by atoms with Crippen LogP contribution in [0.25, 0.3) is 0 Å². The zero-order chi connectivity index (χ0) is 4.12. The van der Waals surface area contributed by atoms with Crippen LogP contribution in [0, 0.1) is 12.3 Å². The number of rotatable bonds is 1. The Labute approximate surface area is 30.3 Å². The second kappa shape index (κ2) is 3.48. The van der Waals surface area contributed by atoms with Gasteiger partial charge in [0.15, 0.2) is 0 Å². The molecule has 0 atom stereocenters. The molecule has 2 nitrogen and oxygen atoms in total. The van der Waals surface area contributed by atoms with Crippen LogP contribution in [0.4, 0.5) is 0 Å². The van der Waals surface area contributed by atoms with E-state index in [9.17, 15) is 0 Å². The first-order chi connectivity index (χ1) is 2.41. The molecule has 0 aliphatic heterocycles. The van der Waals surface area contributed by atoms with Crippen molar-refractivity contribution in [3.63, 3.8) is 0 Å². The average molecular weight is 71.1 g/mol. The molecular weight excluding hydrogens is 68.0 g/mol. The molecule has 0 aromatic heterocycles. The van der Waals surface area contributed by atoms with Gasteiger partial charge in [-0.05, 0) is 5.26 Å². The molecule has 0 aromatic rings. The van der Waals surface area contributed by atoms with Gasteiger partial charge in [0, 0.05) is 0 Å². The predicted octanol–water partition coefficient (Wildman–Crippen LogP) is -0.0183. The largest absolute Gasteiger partial charge is 0.191 e. The van der Waals surface area contributed by atoms with Gasteiger partial charge in [0.2, 0.25) is 0 Å². The van der Waals surface area contributed by atoms with Gasteiger partial charge in [0.05, 0.1) is 0 Å². The van der Waals surface area contributed by atoms with Crippen molar-refractivity contribution < 1.29 is 10.1 Å². The van der Waals surface area contributed by atoms with Crippen LogP contribution >= 0.6 is 0 Å². The first-order valence-electron chi connectivity index (χ1n) is 1.10. The van der Waals surface area contributed by atoms with E-state index in [0.717, 1.165) is 0 Å². The minimum Gasteiger partial charge on any atom is -0.191 e. The normalized spacial score (nSPS) is 6.40. The Balaban J connectivity index is 2.48. The molecular formula is C3H3O2. The standard InChI is InChI=1S/C3H3O2/c1-2-3-5-4/h1H,3H2. The van der Waals surface area contributed by atoms with Crippen molar-refractivity contribution >= 4 is 0 Å². The molecule has 0 spiro atoms. The van der Waals surface area contributed by atoms with Gasteiger partial charge < -0.3 is 0 Å². The van der Waals surface area contributed by atoms with Crippen molar-refractivity contribution in [3.05, 3.63) is 0 Å². The molecule has 0 bridgehead atoms. The van der Waals surface area contributed by atoms with Gasteiger partial charge in [-0.3, -0.25) is 0 Å². The molecule has 0 heterocycles. The van der Waals surface area contributed by atoms with Crippen molar-refractivity contribution in [2.24, 2.45) is 0 Å². The van der Waals surface area contributed by atoms with Crippen molar-refractivity contribution in [1.29, 1.82) is 0 Å². The van der Waals surface area contributed by atoms with Crippen LogP contribution in [0.2, 0.25) is 0 Å². The van der Waals surface area contributed by atoms with E-state index in [0.29, 0.717) is 0 Å². The maximum absolute atomic E-state index is 8.89. The lowest BCUT2D eigenvalue weighted by Gasteiger charge is -1.69. The van der Waals surface area contributed by atoms with E-state index in [4.69, 9.17) is 5.26 Å². The lowest BCUT2D eigenvalue weighted by Crippen LogP contribution is -1.76. The summed E-state index contributed by atoms with van der Waals surface area (Å²) < 4.78 is 0. The molecule has 0 N–H and O–H groups in total. The highest BCUT2D eigenvalue weighted by Crippen LogP contribution is 1.54. The predicted molar refractivity (Wildman–Crippen MR) is 15.5 cm³/mol. The summed E-state index contributed by atoms with van der Waals surface area (Å²) in [5, 5.41) is 8.89. The Kier molecular flexibility index (Phi) is 3.12. The maximum Gasteiger partial charge on any atom is 0.146 e. The first-order valence-corrected chi connectivity index (χ1v) is 1.10. The van der Waals surface area contributed by atoms with Crippen molar-refractivity contribution in [3.8, 4) is 12.3 Å². The third-order valence-electron chi connectivity index (χ3n) is 0.142. The summed E-state index contributed by atoms with van der Waals surface area (Å²) in [5.74, 6) is 1.98. The van der Waals surface area contributed by atoms with E-state index in [-0.39, 0.29) is 6.61 Å². The molecule has 2 heteroatoms. The fraction of sp³-hybridized carbons (Fsp3) is 0.333. The summed E-state index contributed by atoms with van der Waals surface area (Å²) in [6.07, 6.45) is 4.56. The van der Waals surface area contributed by atoms with Crippen LogP contribution in [0.1, 0.15) is 0 Å². The van der Waals surface area contributed by atoms with E-state index in [2.05, 4.69) is 11.3 Å². The van der Waals surface area contributed by atoms with Crippen molar-refractivity contribution in [1.82, 2.24) is 0 Å². The van der Waals surface area contributed by atoms with E-state index >= 15 is 0 Å². The molecule has 0 rings (SSSR count). The summed E-state index contributed by atoms with van der Waals surface area (Å²) in [5.41, 5.74) is 0. The zero-order valence-electron chi connectivity index (χ0n) is 2.60. The van der Waals surface area contributed by atoms with Crippen LogP contribution in [0.3, 0.4) is 0 Å². The molecule has 0 aliphatic rings. The molecule has 0 saturated carbocycles. The minimum atomic E-state index is -0.139. The second-order valence-corrected chi connectivity index (χ2v) is 0.466. The minimum absolute atomic E-state index is 0.139. The Bertz CT molecular complexity index is 43.3. The average Bonchev–Trinajstić information content (AvgIpc) is 1.41. The van der Waals surface area contributed by atoms with Gasteiger partial charge in [0.1, 0.15) is 6.61 Å². The number of terminal acetylenes is 1. The van der Waals surface area contributed by atoms with Crippen LogP contribution in [0.15, 0.2) is 0 Å². The van der Waals surface area contributed by atoms with Gasteiger partial charge in [0.25, 0.3) is 0 Å². The van der Waals surface area contributed by atoms with Gasteiger partial charge in [-0.25, -0.2) is 0 Å². The van der Waals surface area contributed by atoms with Gasteiger partial charge in [-0.15, -0.1) is 6.42 Å². The molecule has 0 fully saturated rings. The summed E-state index contributed by atoms with van der Waals surface area (Å²) in [6, 6.07) is 0. The fourth-order valence-electron chi connectivity index (χ4n) is 0.0340. The molecule has 1 radical (unpaired) electrons. The van der Waals surface area contributed by atoms with Gasteiger partial charge in [-0.1, -0.05) is 5.92 Å². The highest BCUT2D eigenvalue weighted by atomic mass is 17.1. The molecule has 0 aliphatic carbocycles. The molecule has 27 valence electrons. The quantitative estimate of drug-likeness (QED) is 0.242. The van der Waals surface area contributed by atoms with E-state index < -0.39 is 0 Å². The van der Waals surface area contributed by atoms with Crippen LogP contribution in [-0.4, -0.2) is 6.61 Å². The molecule has 0 aromatic carbocycles. The third-order valence-corrected chi connectivity index (χ3v) is 0.142. The Morgan fingerprint density at radius 2 is 2.60 bits per heavy atom. The SMILES string of the molecule is C#CCO[O]. The fourth-order valence-corrected chi connectivity index (χ4v) is 0.0340. The molecule has 0 amide bonds. The first kappa shape index (κ1) is 4.48. The van der Waals surface area contributed by atoms with Gasteiger partial charge in [-0.2, -0.15) is 4.89 Å². The third kappa shape index (κ3) is 3.48. The van der Waals surface area contributed by atoms with E-state index in [1.807, 2.05) is 5.92 Å². The molecule has 0 unspecified atom stereocenters. The topological polar surface area (TPSA) is 29.1 Å². The van der Waals surface area contributed by atoms with Crippen LogP contribution < -0.4 is 0 Å². The molecule has 0 saturated heterocycles. The van der Waals surface area contributed by atoms with Crippen LogP contribution in [-0.2, 0) is 10.1 Å². The highest BCUT2D eigenvalue weighted by molar-refractivity contribution is 4.81. The van der Waals surface area contributed by atoms with E-state index in [1.165, 1.54) is 0 Å². The summed E-state index contributed by atoms with van der Waals surface area (Å²) >= 11 is 0. The van der Waals surface area contributed by atoms with Crippen LogP contribution in [0.5, 0.6) is 0 Å². The summed E-state index contributed by atoms with van der Waals surface area (Å²) in [4.78, 5) is 3.20.